The van der Waals surface area contributed by atoms with Crippen LogP contribution in [0.1, 0.15) is 36.7 Å². The molecule has 0 bridgehead atoms. The smallest absolute Gasteiger partial charge is 0.260 e. The lowest BCUT2D eigenvalue weighted by atomic mass is 10.1. The first-order valence-corrected chi connectivity index (χ1v) is 6.33. The van der Waals surface area contributed by atoms with Crippen molar-refractivity contribution in [3.8, 4) is 5.75 Å². The van der Waals surface area contributed by atoms with Gasteiger partial charge in [-0.05, 0) is 39.8 Å². The first-order valence-electron chi connectivity index (χ1n) is 6.33. The lowest BCUT2D eigenvalue weighted by Crippen LogP contribution is -2.36. The van der Waals surface area contributed by atoms with Crippen molar-refractivity contribution in [2.75, 3.05) is 13.7 Å². The number of rotatable bonds is 5. The van der Waals surface area contributed by atoms with Crippen LogP contribution >= 0.6 is 0 Å². The van der Waals surface area contributed by atoms with Gasteiger partial charge in [0.2, 0.25) is 0 Å². The predicted molar refractivity (Wildman–Crippen MR) is 74.6 cm³/mol. The Morgan fingerprint density at radius 2 is 1.95 bits per heavy atom. The third kappa shape index (κ3) is 4.09. The van der Waals surface area contributed by atoms with E-state index in [2.05, 4.69) is 0 Å². The summed E-state index contributed by atoms with van der Waals surface area (Å²) in [6.07, 6.45) is 0. The van der Waals surface area contributed by atoms with E-state index in [1.165, 1.54) is 6.92 Å². The van der Waals surface area contributed by atoms with Gasteiger partial charge in [0.05, 0.1) is 5.56 Å². The summed E-state index contributed by atoms with van der Waals surface area (Å²) in [7, 11) is 1.73. The number of nitrogens with zero attached hydrogens (tertiary/aromatic N) is 1. The van der Waals surface area contributed by atoms with E-state index in [4.69, 9.17) is 4.74 Å². The van der Waals surface area contributed by atoms with E-state index in [-0.39, 0.29) is 24.3 Å². The minimum Gasteiger partial charge on any atom is -0.483 e. The molecule has 0 heterocycles. The van der Waals surface area contributed by atoms with Crippen LogP contribution in [0.3, 0.4) is 0 Å². The van der Waals surface area contributed by atoms with Crippen LogP contribution in [0.4, 0.5) is 0 Å². The number of likely N-dealkylation sites (N-methyl/N-ethyl adjacent to an activating group) is 1. The predicted octanol–water partition coefficient (Wildman–Crippen LogP) is 2.44. The van der Waals surface area contributed by atoms with Crippen molar-refractivity contribution in [2.45, 2.75) is 33.7 Å². The molecule has 19 heavy (non-hydrogen) atoms. The van der Waals surface area contributed by atoms with Gasteiger partial charge in [0.15, 0.2) is 12.4 Å². The lowest BCUT2D eigenvalue weighted by molar-refractivity contribution is -0.133. The normalized spacial score (nSPS) is 10.4. The summed E-state index contributed by atoms with van der Waals surface area (Å²) in [4.78, 5) is 25.0. The molecule has 0 fully saturated rings. The Hall–Kier alpha value is -1.84. The van der Waals surface area contributed by atoms with Crippen LogP contribution in [0.25, 0.3) is 0 Å². The average molecular weight is 263 g/mol. The molecule has 0 saturated carbocycles. The highest BCUT2D eigenvalue weighted by molar-refractivity contribution is 5.97. The van der Waals surface area contributed by atoms with E-state index >= 15 is 0 Å². The quantitative estimate of drug-likeness (QED) is 0.767. The number of amides is 1. The maximum absolute atomic E-state index is 11.8. The fourth-order valence-corrected chi connectivity index (χ4v) is 1.57. The van der Waals surface area contributed by atoms with Gasteiger partial charge >= 0.3 is 0 Å². The van der Waals surface area contributed by atoms with Gasteiger partial charge in [0, 0.05) is 13.1 Å². The molecule has 1 amide bonds. The number of ketones is 1. The Bertz CT molecular complexity index is 480. The van der Waals surface area contributed by atoms with Crippen molar-refractivity contribution in [1.29, 1.82) is 0 Å². The first kappa shape index (κ1) is 15.2. The van der Waals surface area contributed by atoms with Crippen LogP contribution in [0, 0.1) is 6.92 Å². The van der Waals surface area contributed by atoms with Gasteiger partial charge < -0.3 is 9.64 Å². The molecule has 0 saturated heterocycles. The molecule has 104 valence electrons. The Morgan fingerprint density at radius 3 is 2.47 bits per heavy atom. The zero-order valence-corrected chi connectivity index (χ0v) is 12.2. The first-order chi connectivity index (χ1) is 8.82. The fraction of sp³-hybridized carbons (Fsp3) is 0.467. The molecule has 0 spiro atoms. The van der Waals surface area contributed by atoms with Crippen LogP contribution in [0.15, 0.2) is 18.2 Å². The maximum Gasteiger partial charge on any atom is 0.260 e. The highest BCUT2D eigenvalue weighted by Crippen LogP contribution is 2.20. The largest absolute Gasteiger partial charge is 0.483 e. The van der Waals surface area contributed by atoms with Crippen molar-refractivity contribution in [3.05, 3.63) is 29.3 Å². The standard InChI is InChI=1S/C15H21NO3/c1-10(2)16(5)15(18)9-19-14-7-6-11(3)8-13(14)12(4)17/h6-8,10H,9H2,1-5H3. The second kappa shape index (κ2) is 6.36. The molecule has 4 heteroatoms. The second-order valence-electron chi connectivity index (χ2n) is 4.94. The Morgan fingerprint density at radius 1 is 1.32 bits per heavy atom. The lowest BCUT2D eigenvalue weighted by Gasteiger charge is -2.21. The molecule has 1 aromatic carbocycles. The van der Waals surface area contributed by atoms with Gasteiger partial charge in [0.1, 0.15) is 5.75 Å². The third-order valence-corrected chi connectivity index (χ3v) is 3.03. The SMILES string of the molecule is CC(=O)c1cc(C)ccc1OCC(=O)N(C)C(C)C. The highest BCUT2D eigenvalue weighted by Gasteiger charge is 2.14. The van der Waals surface area contributed by atoms with Gasteiger partial charge in [0.25, 0.3) is 5.91 Å². The minimum absolute atomic E-state index is 0.0575. The summed E-state index contributed by atoms with van der Waals surface area (Å²) < 4.78 is 5.47. The van der Waals surface area contributed by atoms with E-state index in [0.29, 0.717) is 11.3 Å². The van der Waals surface area contributed by atoms with Crippen LogP contribution in [0.2, 0.25) is 0 Å². The number of hydrogen-bond donors (Lipinski definition) is 0. The van der Waals surface area contributed by atoms with Gasteiger partial charge in [-0.25, -0.2) is 0 Å². The third-order valence-electron chi connectivity index (χ3n) is 3.03. The van der Waals surface area contributed by atoms with Crippen LogP contribution < -0.4 is 4.74 Å². The number of carbonyl (C=O) groups is 2. The Kier molecular flexibility index (Phi) is 5.10. The molecule has 0 N–H and O–H groups in total. The number of carbonyl (C=O) groups excluding carboxylic acids is 2. The number of ether oxygens (including phenoxy) is 1. The number of aryl methyl sites for hydroxylation is 1. The van der Waals surface area contributed by atoms with E-state index in [0.717, 1.165) is 5.56 Å². The van der Waals surface area contributed by atoms with E-state index < -0.39 is 0 Å². The molecule has 0 radical (unpaired) electrons. The van der Waals surface area contributed by atoms with Crippen molar-refractivity contribution in [1.82, 2.24) is 4.90 Å². The van der Waals surface area contributed by atoms with E-state index in [1.807, 2.05) is 26.8 Å². The van der Waals surface area contributed by atoms with Crippen molar-refractivity contribution < 1.29 is 14.3 Å². The second-order valence-corrected chi connectivity index (χ2v) is 4.94. The molecule has 0 unspecified atom stereocenters. The van der Waals surface area contributed by atoms with Gasteiger partial charge in [-0.1, -0.05) is 11.6 Å². The fourth-order valence-electron chi connectivity index (χ4n) is 1.57. The van der Waals surface area contributed by atoms with Crippen molar-refractivity contribution in [2.24, 2.45) is 0 Å². The number of hydrogen-bond acceptors (Lipinski definition) is 3. The summed E-state index contributed by atoms with van der Waals surface area (Å²) in [5, 5.41) is 0. The molecular formula is C15H21NO3. The molecule has 1 aromatic rings. The molecule has 0 aromatic heterocycles. The summed E-state index contributed by atoms with van der Waals surface area (Å²) in [5.74, 6) is 0.289. The van der Waals surface area contributed by atoms with Gasteiger partial charge in [-0.2, -0.15) is 0 Å². The summed E-state index contributed by atoms with van der Waals surface area (Å²) in [6, 6.07) is 5.49. The Labute approximate surface area is 114 Å². The van der Waals surface area contributed by atoms with Crippen LogP contribution in [-0.2, 0) is 4.79 Å². The molecule has 0 aliphatic carbocycles. The Balaban J connectivity index is 2.78. The molecular weight excluding hydrogens is 242 g/mol. The number of benzene rings is 1. The van der Waals surface area contributed by atoms with Crippen molar-refractivity contribution >= 4 is 11.7 Å². The topological polar surface area (TPSA) is 46.6 Å². The van der Waals surface area contributed by atoms with Crippen molar-refractivity contribution in [3.63, 3.8) is 0 Å². The zero-order chi connectivity index (χ0) is 14.6. The van der Waals surface area contributed by atoms with Gasteiger partial charge in [-0.3, -0.25) is 9.59 Å². The van der Waals surface area contributed by atoms with Gasteiger partial charge in [-0.15, -0.1) is 0 Å². The van der Waals surface area contributed by atoms with Crippen LogP contribution in [-0.4, -0.2) is 36.3 Å². The van der Waals surface area contributed by atoms with E-state index in [1.54, 1.807) is 24.1 Å². The maximum atomic E-state index is 11.8. The molecule has 1 rings (SSSR count). The summed E-state index contributed by atoms with van der Waals surface area (Å²) in [6.45, 7) is 7.21. The van der Waals surface area contributed by atoms with Crippen LogP contribution in [0.5, 0.6) is 5.75 Å². The molecule has 0 atom stereocenters. The summed E-state index contributed by atoms with van der Waals surface area (Å²) in [5.41, 5.74) is 1.50. The highest BCUT2D eigenvalue weighted by atomic mass is 16.5. The molecule has 0 aliphatic rings. The zero-order valence-electron chi connectivity index (χ0n) is 12.2. The summed E-state index contributed by atoms with van der Waals surface area (Å²) >= 11 is 0. The minimum atomic E-state index is -0.106. The molecule has 0 aliphatic heterocycles. The average Bonchev–Trinajstić information content (AvgIpc) is 2.35. The van der Waals surface area contributed by atoms with E-state index in [9.17, 15) is 9.59 Å². The number of Topliss-reactive ketones (excluding diaryl/α,β-unsaturated/α-hetero) is 1. The monoisotopic (exact) mass is 263 g/mol. The molecule has 4 nitrogen and oxygen atoms in total.